The largest absolute Gasteiger partial charge is 3.00 e. The Morgan fingerprint density at radius 1 is 0.600 bits per heavy atom. The molecule has 10 heavy (non-hydrogen) atoms. The Labute approximate surface area is 126 Å². The Balaban J connectivity index is -0.0000000300. The van der Waals surface area contributed by atoms with Crippen molar-refractivity contribution in [3.63, 3.8) is 0 Å². The van der Waals surface area contributed by atoms with Gasteiger partial charge in [-0.25, -0.2) is 0 Å². The fourth-order valence-electron chi connectivity index (χ4n) is 0. The van der Waals surface area contributed by atoms with E-state index in [0.29, 0.717) is 0 Å². The van der Waals surface area contributed by atoms with Crippen LogP contribution in [0.5, 0.6) is 0 Å². The second-order valence-corrected chi connectivity index (χ2v) is 0.577. The van der Waals surface area contributed by atoms with E-state index in [-0.39, 0.29) is 84.2 Å². The van der Waals surface area contributed by atoms with E-state index in [9.17, 15) is 0 Å². The summed E-state index contributed by atoms with van der Waals surface area (Å²) >= 11 is 0. The average molecular weight is 458 g/mol. The second-order valence-electron chi connectivity index (χ2n) is 0.577. The van der Waals surface area contributed by atoms with Crippen molar-refractivity contribution in [1.82, 2.24) is 0 Å². The van der Waals surface area contributed by atoms with E-state index in [1.807, 2.05) is 0 Å². The van der Waals surface area contributed by atoms with Crippen LogP contribution in [0.2, 0.25) is 0 Å². The molecular formula is B2ErO6Yb. The molecule has 0 saturated carbocycles. The van der Waals surface area contributed by atoms with E-state index in [0.717, 1.165) is 0 Å². The molecule has 6 nitrogen and oxygen atoms in total. The first-order valence-electron chi connectivity index (χ1n) is 1.41. The summed E-state index contributed by atoms with van der Waals surface area (Å²) in [6.07, 6.45) is 0. The fourth-order valence-corrected chi connectivity index (χ4v) is 0. The molecule has 0 aromatic heterocycles. The zero-order chi connectivity index (χ0) is 7.15. The molecule has 0 aliphatic carbocycles. The molecule has 0 fully saturated rings. The minimum Gasteiger partial charge on any atom is -0.907 e. The molecule has 0 spiro atoms. The van der Waals surface area contributed by atoms with Crippen LogP contribution in [0.1, 0.15) is 0 Å². The molecule has 10 heteroatoms. The smallest absolute Gasteiger partial charge is 0.907 e. The maximum Gasteiger partial charge on any atom is 3.00 e. The van der Waals surface area contributed by atoms with Crippen LogP contribution in [-0.2, 0) is 0 Å². The zero-order valence-corrected chi connectivity index (χ0v) is 7.73. The molecule has 68 valence electrons. The van der Waals surface area contributed by atoms with Crippen LogP contribution in [-0.4, -0.2) is 14.6 Å². The molecule has 0 unspecified atom stereocenters. The number of hydrogen-bond donors (Lipinski definition) is 0. The van der Waals surface area contributed by atoms with Gasteiger partial charge in [0.2, 0.25) is 0 Å². The molecule has 2 radical (unpaired) electrons. The van der Waals surface area contributed by atoms with Gasteiger partial charge < -0.3 is 30.1 Å². The molecule has 0 rings (SSSR count). The van der Waals surface area contributed by atoms with Crippen LogP contribution >= 0.6 is 0 Å². The van der Waals surface area contributed by atoms with Gasteiger partial charge in [-0.1, -0.05) is 0 Å². The summed E-state index contributed by atoms with van der Waals surface area (Å²) in [5.74, 6) is 0. The minimum absolute atomic E-state index is 0. The molecule has 0 aliphatic rings. The van der Waals surface area contributed by atoms with Crippen LogP contribution in [0, 0.1) is 84.2 Å². The van der Waals surface area contributed by atoms with Crippen molar-refractivity contribution >= 4 is 14.6 Å². The fraction of sp³-hybridized carbons (Fsp3) is 0. The normalized spacial score (nSPS) is 5.40. The first-order chi connectivity index (χ1) is 3.46. The van der Waals surface area contributed by atoms with Crippen LogP contribution in [0.3, 0.4) is 0 Å². The predicted molar refractivity (Wildman–Crippen MR) is 11.5 cm³/mol. The Morgan fingerprint density at radius 2 is 0.600 bits per heavy atom. The minimum atomic E-state index is -2.92. The van der Waals surface area contributed by atoms with Gasteiger partial charge in [-0.3, -0.25) is 14.6 Å². The quantitative estimate of drug-likeness (QED) is 0.331. The first kappa shape index (κ1) is 22.9. The first-order valence-corrected chi connectivity index (χ1v) is 1.41. The van der Waals surface area contributed by atoms with Crippen molar-refractivity contribution < 1.29 is 114 Å². The molecule has 0 atom stereocenters. The Bertz CT molecular complexity index is 31.2. The molecule has 0 aliphatic heterocycles. The third-order valence-electron chi connectivity index (χ3n) is 0. The van der Waals surface area contributed by atoms with E-state index in [2.05, 4.69) is 0 Å². The number of rotatable bonds is 0. The van der Waals surface area contributed by atoms with Crippen LogP contribution in [0.4, 0.5) is 0 Å². The van der Waals surface area contributed by atoms with Crippen molar-refractivity contribution in [2.75, 3.05) is 0 Å². The maximum absolute atomic E-state index is 8.42. The van der Waals surface area contributed by atoms with Crippen molar-refractivity contribution in [1.29, 1.82) is 0 Å². The molecule has 0 saturated heterocycles. The van der Waals surface area contributed by atoms with Crippen LogP contribution < -0.4 is 30.1 Å². The van der Waals surface area contributed by atoms with Crippen LogP contribution in [0.25, 0.3) is 0 Å². The number of hydrogen-bond acceptors (Lipinski definition) is 6. The molecule has 0 N–H and O–H groups in total. The van der Waals surface area contributed by atoms with Gasteiger partial charge in [0.1, 0.15) is 0 Å². The average Bonchev–Trinajstić information content (AvgIpc) is 1.25. The van der Waals surface area contributed by atoms with Gasteiger partial charge in [0, 0.05) is 0 Å². The van der Waals surface area contributed by atoms with Crippen molar-refractivity contribution in [2.24, 2.45) is 0 Å². The Kier molecular flexibility index (Phi) is 40.5. The van der Waals surface area contributed by atoms with Gasteiger partial charge in [0.15, 0.2) is 0 Å². The van der Waals surface area contributed by atoms with E-state index in [1.165, 1.54) is 0 Å². The van der Waals surface area contributed by atoms with Gasteiger partial charge >= 0.3 is 84.2 Å². The third-order valence-corrected chi connectivity index (χ3v) is 0. The SMILES string of the molecule is [Er+3].[O-]B([O-])[O-].[O-]B([O-])[O-].[Yb+3]. The second kappa shape index (κ2) is 17.7. The predicted octanol–water partition coefficient (Wildman–Crippen LogP) is -7.90. The molecular weight excluding hydrogens is 458 g/mol. The van der Waals surface area contributed by atoms with Crippen LogP contribution in [0.15, 0.2) is 0 Å². The third kappa shape index (κ3) is 141. The van der Waals surface area contributed by atoms with E-state index >= 15 is 0 Å². The Hall–Kier alpha value is 2.66. The summed E-state index contributed by atoms with van der Waals surface area (Å²) in [5, 5.41) is 50.5. The maximum atomic E-state index is 8.42. The monoisotopic (exact) mass is 458 g/mol. The van der Waals surface area contributed by atoms with Crippen molar-refractivity contribution in [3.8, 4) is 0 Å². The van der Waals surface area contributed by atoms with Gasteiger partial charge in [-0.05, 0) is 0 Å². The molecule has 0 bridgehead atoms. The molecule has 0 aromatic carbocycles. The summed E-state index contributed by atoms with van der Waals surface area (Å²) < 4.78 is 0. The summed E-state index contributed by atoms with van der Waals surface area (Å²) in [7, 11) is -5.83. The summed E-state index contributed by atoms with van der Waals surface area (Å²) in [5.41, 5.74) is 0. The van der Waals surface area contributed by atoms with Gasteiger partial charge in [-0.15, -0.1) is 0 Å². The topological polar surface area (TPSA) is 138 Å². The van der Waals surface area contributed by atoms with Crippen molar-refractivity contribution in [3.05, 3.63) is 0 Å². The van der Waals surface area contributed by atoms with Gasteiger partial charge in [0.25, 0.3) is 0 Å². The molecule has 0 aromatic rings. The Morgan fingerprint density at radius 3 is 0.600 bits per heavy atom. The summed E-state index contributed by atoms with van der Waals surface area (Å²) in [6.45, 7) is 0. The standard InChI is InChI=1S/2BO3.Er.Yb/c2*2-1(3)4;;/q2*-3;2*+3. The summed E-state index contributed by atoms with van der Waals surface area (Å²) in [4.78, 5) is 0. The van der Waals surface area contributed by atoms with E-state index in [1.54, 1.807) is 0 Å². The zero-order valence-electron chi connectivity index (χ0n) is 4.16. The van der Waals surface area contributed by atoms with Gasteiger partial charge in [-0.2, -0.15) is 0 Å². The summed E-state index contributed by atoms with van der Waals surface area (Å²) in [6, 6.07) is 0. The van der Waals surface area contributed by atoms with E-state index in [4.69, 9.17) is 30.1 Å². The van der Waals surface area contributed by atoms with Crippen molar-refractivity contribution in [2.45, 2.75) is 0 Å². The molecule has 0 heterocycles. The molecule has 0 amide bonds. The van der Waals surface area contributed by atoms with E-state index < -0.39 is 14.6 Å². The van der Waals surface area contributed by atoms with Gasteiger partial charge in [0.05, 0.1) is 0 Å².